The Balaban J connectivity index is 2.89. The Morgan fingerprint density at radius 1 is 1.41 bits per heavy atom. The van der Waals surface area contributed by atoms with Crippen LogP contribution in [0.3, 0.4) is 0 Å². The van der Waals surface area contributed by atoms with Crippen LogP contribution in [0, 0.1) is 13.8 Å². The molecule has 0 saturated heterocycles. The van der Waals surface area contributed by atoms with Gasteiger partial charge in [-0.25, -0.2) is 4.79 Å². The lowest BCUT2D eigenvalue weighted by molar-refractivity contribution is -0.141. The van der Waals surface area contributed by atoms with Gasteiger partial charge in [0.2, 0.25) is 0 Å². The van der Waals surface area contributed by atoms with Crippen molar-refractivity contribution in [3.05, 3.63) is 17.0 Å². The highest BCUT2D eigenvalue weighted by molar-refractivity contribution is 5.98. The molecular weight excluding hydrogens is 228 g/mol. The zero-order valence-electron chi connectivity index (χ0n) is 9.72. The van der Waals surface area contributed by atoms with E-state index >= 15 is 0 Å². The molecule has 94 valence electrons. The number of aliphatic hydroxyl groups excluding tert-OH is 1. The van der Waals surface area contributed by atoms with Gasteiger partial charge in [-0.3, -0.25) is 4.79 Å². The molecule has 7 heteroatoms. The number of aliphatic hydroxyl groups is 1. The zero-order chi connectivity index (χ0) is 13.2. The Bertz CT molecular complexity index is 418. The summed E-state index contributed by atoms with van der Waals surface area (Å²) in [4.78, 5) is 22.6. The molecule has 3 N–H and O–H groups in total. The molecule has 0 fully saturated rings. The van der Waals surface area contributed by atoms with Crippen LogP contribution in [-0.4, -0.2) is 39.4 Å². The number of carbonyl (C=O) groups is 2. The maximum absolute atomic E-state index is 11.8. The fraction of sp³-hybridized carbons (Fsp3) is 0.500. The third-order valence-electron chi connectivity index (χ3n) is 2.30. The fourth-order valence-electron chi connectivity index (χ4n) is 1.41. The number of amides is 1. The van der Waals surface area contributed by atoms with Gasteiger partial charge in [-0.1, -0.05) is 5.16 Å². The quantitative estimate of drug-likeness (QED) is 0.677. The molecule has 2 atom stereocenters. The van der Waals surface area contributed by atoms with Gasteiger partial charge in [0, 0.05) is 0 Å². The lowest BCUT2D eigenvalue weighted by Crippen LogP contribution is -2.47. The number of carbonyl (C=O) groups excluding carboxylic acids is 1. The molecule has 1 heterocycles. The van der Waals surface area contributed by atoms with E-state index in [2.05, 4.69) is 10.5 Å². The Kier molecular flexibility index (Phi) is 3.84. The van der Waals surface area contributed by atoms with Gasteiger partial charge in [-0.2, -0.15) is 0 Å². The van der Waals surface area contributed by atoms with Gasteiger partial charge < -0.3 is 20.1 Å². The topological polar surface area (TPSA) is 113 Å². The van der Waals surface area contributed by atoms with E-state index in [1.165, 1.54) is 6.92 Å². The fourth-order valence-corrected chi connectivity index (χ4v) is 1.41. The number of hydrogen-bond acceptors (Lipinski definition) is 5. The van der Waals surface area contributed by atoms with Crippen molar-refractivity contribution in [1.82, 2.24) is 10.5 Å². The third kappa shape index (κ3) is 2.82. The van der Waals surface area contributed by atoms with Crippen LogP contribution in [-0.2, 0) is 4.79 Å². The van der Waals surface area contributed by atoms with E-state index in [0.717, 1.165) is 0 Å². The average molecular weight is 242 g/mol. The SMILES string of the molecule is Cc1noc(C)c1C(=O)N[C@H](C(=O)O)[C@@H](C)O. The van der Waals surface area contributed by atoms with Crippen molar-refractivity contribution >= 4 is 11.9 Å². The van der Waals surface area contributed by atoms with Crippen molar-refractivity contribution in [2.45, 2.75) is 32.9 Å². The zero-order valence-corrected chi connectivity index (χ0v) is 9.72. The molecule has 0 spiro atoms. The number of rotatable bonds is 4. The van der Waals surface area contributed by atoms with E-state index in [4.69, 9.17) is 9.63 Å². The summed E-state index contributed by atoms with van der Waals surface area (Å²) < 4.78 is 4.80. The third-order valence-corrected chi connectivity index (χ3v) is 2.30. The van der Waals surface area contributed by atoms with Crippen LogP contribution >= 0.6 is 0 Å². The van der Waals surface area contributed by atoms with Crippen molar-refractivity contribution in [3.63, 3.8) is 0 Å². The van der Waals surface area contributed by atoms with Gasteiger partial charge in [0.25, 0.3) is 5.91 Å². The molecule has 0 bridgehead atoms. The normalized spacial score (nSPS) is 14.1. The first kappa shape index (κ1) is 13.2. The number of nitrogens with zero attached hydrogens (tertiary/aromatic N) is 1. The monoisotopic (exact) mass is 242 g/mol. The van der Waals surface area contributed by atoms with Gasteiger partial charge in [0.15, 0.2) is 6.04 Å². The summed E-state index contributed by atoms with van der Waals surface area (Å²) in [5, 5.41) is 23.8. The van der Waals surface area contributed by atoms with Gasteiger partial charge in [-0.05, 0) is 20.8 Å². The lowest BCUT2D eigenvalue weighted by atomic mass is 10.1. The number of carboxylic acids is 1. The molecule has 0 unspecified atom stereocenters. The van der Waals surface area contributed by atoms with Crippen LogP contribution < -0.4 is 5.32 Å². The predicted octanol–water partition coefficient (Wildman–Crippen LogP) is -0.145. The van der Waals surface area contributed by atoms with E-state index in [-0.39, 0.29) is 5.56 Å². The second-order valence-electron chi connectivity index (χ2n) is 3.73. The minimum atomic E-state index is -1.36. The summed E-state index contributed by atoms with van der Waals surface area (Å²) in [7, 11) is 0. The summed E-state index contributed by atoms with van der Waals surface area (Å²) >= 11 is 0. The van der Waals surface area contributed by atoms with Crippen LogP contribution in [0.25, 0.3) is 0 Å². The van der Waals surface area contributed by atoms with E-state index in [9.17, 15) is 14.7 Å². The van der Waals surface area contributed by atoms with Crippen LogP contribution in [0.1, 0.15) is 28.7 Å². The lowest BCUT2D eigenvalue weighted by Gasteiger charge is -2.16. The summed E-state index contributed by atoms with van der Waals surface area (Å²) in [6, 6.07) is -1.36. The first-order valence-electron chi connectivity index (χ1n) is 4.99. The highest BCUT2D eigenvalue weighted by Gasteiger charge is 2.27. The van der Waals surface area contributed by atoms with Gasteiger partial charge in [-0.15, -0.1) is 0 Å². The van der Waals surface area contributed by atoms with Crippen molar-refractivity contribution in [3.8, 4) is 0 Å². The van der Waals surface area contributed by atoms with Crippen LogP contribution in [0.5, 0.6) is 0 Å². The van der Waals surface area contributed by atoms with E-state index in [0.29, 0.717) is 11.5 Å². The number of carboxylic acid groups (broad SMARTS) is 1. The van der Waals surface area contributed by atoms with Gasteiger partial charge in [0.05, 0.1) is 11.8 Å². The molecular formula is C10H14N2O5. The van der Waals surface area contributed by atoms with Crippen LogP contribution in [0.15, 0.2) is 4.52 Å². The summed E-state index contributed by atoms with van der Waals surface area (Å²) in [6.45, 7) is 4.41. The number of nitrogens with one attached hydrogen (secondary N) is 1. The summed E-state index contributed by atoms with van der Waals surface area (Å²) in [6.07, 6.45) is -1.20. The second-order valence-corrected chi connectivity index (χ2v) is 3.73. The van der Waals surface area contributed by atoms with E-state index in [1.807, 2.05) is 0 Å². The number of aromatic nitrogens is 1. The number of aryl methyl sites for hydroxylation is 2. The highest BCUT2D eigenvalue weighted by Crippen LogP contribution is 2.12. The second kappa shape index (κ2) is 4.96. The first-order valence-corrected chi connectivity index (χ1v) is 4.99. The maximum Gasteiger partial charge on any atom is 0.328 e. The largest absolute Gasteiger partial charge is 0.480 e. The molecule has 1 rings (SSSR count). The molecule has 1 aromatic heterocycles. The highest BCUT2D eigenvalue weighted by atomic mass is 16.5. The van der Waals surface area contributed by atoms with Crippen molar-refractivity contribution in [2.75, 3.05) is 0 Å². The van der Waals surface area contributed by atoms with Crippen molar-refractivity contribution in [1.29, 1.82) is 0 Å². The number of aliphatic carboxylic acids is 1. The van der Waals surface area contributed by atoms with Crippen LogP contribution in [0.2, 0.25) is 0 Å². The summed E-state index contributed by atoms with van der Waals surface area (Å²) in [5.41, 5.74) is 0.562. The molecule has 1 amide bonds. The molecule has 0 aromatic carbocycles. The Morgan fingerprint density at radius 2 is 2.00 bits per heavy atom. The molecule has 0 aliphatic carbocycles. The summed E-state index contributed by atoms with van der Waals surface area (Å²) in [5.74, 6) is -1.63. The standard InChI is InChI=1S/C10H14N2O5/c1-4-7(6(3)17-12-4)9(14)11-8(5(2)13)10(15)16/h5,8,13H,1-3H3,(H,11,14)(H,15,16)/t5-,8+/m1/s1. The predicted molar refractivity (Wildman–Crippen MR) is 56.5 cm³/mol. The molecule has 0 saturated carbocycles. The van der Waals surface area contributed by atoms with E-state index in [1.54, 1.807) is 13.8 Å². The molecule has 0 aliphatic rings. The number of hydrogen-bond donors (Lipinski definition) is 3. The Hall–Kier alpha value is -1.89. The first-order chi connectivity index (χ1) is 7.84. The minimum Gasteiger partial charge on any atom is -0.480 e. The van der Waals surface area contributed by atoms with Gasteiger partial charge in [0.1, 0.15) is 11.3 Å². The molecule has 7 nitrogen and oxygen atoms in total. The Morgan fingerprint density at radius 3 is 2.35 bits per heavy atom. The Labute approximate surface area is 97.4 Å². The van der Waals surface area contributed by atoms with Crippen LogP contribution in [0.4, 0.5) is 0 Å². The molecule has 0 radical (unpaired) electrons. The van der Waals surface area contributed by atoms with Crippen molar-refractivity contribution < 1.29 is 24.3 Å². The van der Waals surface area contributed by atoms with Gasteiger partial charge >= 0.3 is 5.97 Å². The molecule has 0 aliphatic heterocycles. The minimum absolute atomic E-state index is 0.192. The smallest absolute Gasteiger partial charge is 0.328 e. The molecule has 17 heavy (non-hydrogen) atoms. The van der Waals surface area contributed by atoms with E-state index < -0.39 is 24.0 Å². The average Bonchev–Trinajstić information content (AvgIpc) is 2.53. The maximum atomic E-state index is 11.8. The molecule has 1 aromatic rings. The van der Waals surface area contributed by atoms with Crippen molar-refractivity contribution in [2.24, 2.45) is 0 Å².